The van der Waals surface area contributed by atoms with Crippen LogP contribution in [0.2, 0.25) is 0 Å². The van der Waals surface area contributed by atoms with E-state index in [-0.39, 0.29) is 6.54 Å². The van der Waals surface area contributed by atoms with Crippen molar-refractivity contribution in [1.82, 2.24) is 4.90 Å². The first kappa shape index (κ1) is 7.88. The van der Waals surface area contributed by atoms with Crippen LogP contribution in [0.5, 0.6) is 0 Å². The lowest BCUT2D eigenvalue weighted by Crippen LogP contribution is -2.27. The first-order chi connectivity index (χ1) is 4.68. The second kappa shape index (κ2) is 3.25. The Labute approximate surface area is 58.4 Å². The summed E-state index contributed by atoms with van der Waals surface area (Å²) in [6.45, 7) is 0.812. The fraction of sp³-hybridized carbons (Fsp3) is 1.00. The number of hydrogen-bond donors (Lipinski definition) is 1. The molecule has 1 heterocycles. The van der Waals surface area contributed by atoms with Crippen molar-refractivity contribution >= 4 is 0 Å². The Morgan fingerprint density at radius 2 is 2.30 bits per heavy atom. The van der Waals surface area contributed by atoms with Crippen LogP contribution in [-0.2, 0) is 0 Å². The molecule has 1 saturated heterocycles. The molecular formula is C6H11F2NO. The summed E-state index contributed by atoms with van der Waals surface area (Å²) in [5.41, 5.74) is 0. The van der Waals surface area contributed by atoms with Gasteiger partial charge in [0.2, 0.25) is 0 Å². The van der Waals surface area contributed by atoms with E-state index in [0.29, 0.717) is 19.5 Å². The molecule has 1 atom stereocenters. The minimum absolute atomic E-state index is 0.197. The monoisotopic (exact) mass is 151 g/mol. The van der Waals surface area contributed by atoms with Crippen LogP contribution in [0.15, 0.2) is 0 Å². The molecule has 4 heteroatoms. The van der Waals surface area contributed by atoms with Crippen molar-refractivity contribution in [3.05, 3.63) is 0 Å². The van der Waals surface area contributed by atoms with Crippen molar-refractivity contribution in [3.63, 3.8) is 0 Å². The van der Waals surface area contributed by atoms with E-state index in [1.165, 1.54) is 0 Å². The molecule has 1 rings (SSSR count). The van der Waals surface area contributed by atoms with Gasteiger partial charge in [0.25, 0.3) is 6.43 Å². The van der Waals surface area contributed by atoms with Crippen LogP contribution in [0.4, 0.5) is 8.78 Å². The van der Waals surface area contributed by atoms with Crippen molar-refractivity contribution in [3.8, 4) is 0 Å². The highest BCUT2D eigenvalue weighted by Gasteiger charge is 2.22. The van der Waals surface area contributed by atoms with Gasteiger partial charge in [0.15, 0.2) is 0 Å². The first-order valence-corrected chi connectivity index (χ1v) is 3.37. The highest BCUT2D eigenvalue weighted by atomic mass is 19.3. The number of hydrogen-bond acceptors (Lipinski definition) is 2. The molecule has 10 heavy (non-hydrogen) atoms. The Morgan fingerprint density at radius 1 is 1.60 bits per heavy atom. The van der Waals surface area contributed by atoms with Gasteiger partial charge in [-0.3, -0.25) is 4.90 Å². The summed E-state index contributed by atoms with van der Waals surface area (Å²) in [5, 5.41) is 8.93. The molecule has 1 aliphatic heterocycles. The molecule has 0 aromatic heterocycles. The Morgan fingerprint density at radius 3 is 2.70 bits per heavy atom. The van der Waals surface area contributed by atoms with Crippen LogP contribution in [0.1, 0.15) is 6.42 Å². The number of likely N-dealkylation sites (tertiary alicyclic amines) is 1. The van der Waals surface area contributed by atoms with Crippen molar-refractivity contribution in [1.29, 1.82) is 0 Å². The van der Waals surface area contributed by atoms with Crippen LogP contribution < -0.4 is 0 Å². The molecule has 1 fully saturated rings. The highest BCUT2D eigenvalue weighted by molar-refractivity contribution is 4.74. The maximum absolute atomic E-state index is 11.7. The van der Waals surface area contributed by atoms with Gasteiger partial charge in [-0.25, -0.2) is 8.78 Å². The highest BCUT2D eigenvalue weighted by Crippen LogP contribution is 2.09. The van der Waals surface area contributed by atoms with Crippen LogP contribution >= 0.6 is 0 Å². The summed E-state index contributed by atoms with van der Waals surface area (Å²) in [6.07, 6.45) is -2.03. The summed E-state index contributed by atoms with van der Waals surface area (Å²) in [5.74, 6) is 0. The predicted molar refractivity (Wildman–Crippen MR) is 33.1 cm³/mol. The van der Waals surface area contributed by atoms with E-state index in [1.807, 2.05) is 0 Å². The molecule has 1 aliphatic rings. The Hall–Kier alpha value is -0.220. The average Bonchev–Trinajstić information content (AvgIpc) is 2.13. The molecule has 0 bridgehead atoms. The zero-order chi connectivity index (χ0) is 7.56. The number of aliphatic hydroxyl groups is 1. The molecule has 0 radical (unpaired) electrons. The predicted octanol–water partition coefficient (Wildman–Crippen LogP) is 0.318. The number of nitrogens with zero attached hydrogens (tertiary/aromatic N) is 1. The topological polar surface area (TPSA) is 23.5 Å². The fourth-order valence-corrected chi connectivity index (χ4v) is 1.17. The number of halogens is 2. The molecule has 0 spiro atoms. The molecule has 2 nitrogen and oxygen atoms in total. The van der Waals surface area contributed by atoms with Gasteiger partial charge in [-0.05, 0) is 6.42 Å². The standard InChI is InChI=1S/C6H11F2NO/c7-6(8)4-9-2-1-5(10)3-9/h5-6,10H,1-4H2. The minimum Gasteiger partial charge on any atom is -0.392 e. The number of β-amino-alcohol motifs (C(OH)–C–C–N with tert-alkyl or cyclic N) is 1. The first-order valence-electron chi connectivity index (χ1n) is 3.37. The number of alkyl halides is 2. The molecule has 0 amide bonds. The lowest BCUT2D eigenvalue weighted by atomic mass is 10.3. The maximum atomic E-state index is 11.7. The van der Waals surface area contributed by atoms with E-state index in [2.05, 4.69) is 0 Å². The Bertz CT molecular complexity index is 110. The van der Waals surface area contributed by atoms with Gasteiger partial charge >= 0.3 is 0 Å². The van der Waals surface area contributed by atoms with E-state index in [4.69, 9.17) is 5.11 Å². The van der Waals surface area contributed by atoms with Crippen LogP contribution in [0.3, 0.4) is 0 Å². The molecule has 0 saturated carbocycles. The largest absolute Gasteiger partial charge is 0.392 e. The van der Waals surface area contributed by atoms with Gasteiger partial charge in [0, 0.05) is 13.1 Å². The van der Waals surface area contributed by atoms with Gasteiger partial charge in [0.05, 0.1) is 12.6 Å². The van der Waals surface area contributed by atoms with Crippen LogP contribution in [0, 0.1) is 0 Å². The van der Waals surface area contributed by atoms with Gasteiger partial charge in [-0.15, -0.1) is 0 Å². The lowest BCUT2D eigenvalue weighted by Gasteiger charge is -2.12. The molecule has 0 aromatic rings. The molecule has 60 valence electrons. The number of rotatable bonds is 2. The lowest BCUT2D eigenvalue weighted by molar-refractivity contribution is 0.0908. The minimum atomic E-state index is -2.27. The fourth-order valence-electron chi connectivity index (χ4n) is 1.17. The molecule has 1 N–H and O–H groups in total. The third-order valence-corrected chi connectivity index (χ3v) is 1.64. The van der Waals surface area contributed by atoms with Crippen molar-refractivity contribution in [2.24, 2.45) is 0 Å². The third kappa shape index (κ3) is 2.19. The summed E-state index contributed by atoms with van der Waals surface area (Å²) in [7, 11) is 0. The second-order valence-corrected chi connectivity index (χ2v) is 2.59. The summed E-state index contributed by atoms with van der Waals surface area (Å²) in [4.78, 5) is 1.58. The average molecular weight is 151 g/mol. The van der Waals surface area contributed by atoms with Gasteiger partial charge < -0.3 is 5.11 Å². The van der Waals surface area contributed by atoms with E-state index in [9.17, 15) is 8.78 Å². The molecule has 0 aromatic carbocycles. The van der Waals surface area contributed by atoms with Gasteiger partial charge in [-0.1, -0.05) is 0 Å². The van der Waals surface area contributed by atoms with Crippen molar-refractivity contribution in [2.75, 3.05) is 19.6 Å². The van der Waals surface area contributed by atoms with E-state index in [1.54, 1.807) is 4.90 Å². The Kier molecular flexibility index (Phi) is 2.56. The van der Waals surface area contributed by atoms with E-state index < -0.39 is 12.5 Å². The number of aliphatic hydroxyl groups excluding tert-OH is 1. The maximum Gasteiger partial charge on any atom is 0.251 e. The zero-order valence-electron chi connectivity index (χ0n) is 5.63. The van der Waals surface area contributed by atoms with Crippen LogP contribution in [-0.4, -0.2) is 42.2 Å². The smallest absolute Gasteiger partial charge is 0.251 e. The Balaban J connectivity index is 2.18. The van der Waals surface area contributed by atoms with Gasteiger partial charge in [0.1, 0.15) is 0 Å². The second-order valence-electron chi connectivity index (χ2n) is 2.59. The SMILES string of the molecule is OC1CCN(CC(F)F)C1. The third-order valence-electron chi connectivity index (χ3n) is 1.64. The summed E-state index contributed by atoms with van der Waals surface area (Å²) in [6, 6.07) is 0. The van der Waals surface area contributed by atoms with E-state index in [0.717, 1.165) is 0 Å². The molecule has 1 unspecified atom stereocenters. The van der Waals surface area contributed by atoms with E-state index >= 15 is 0 Å². The van der Waals surface area contributed by atoms with Crippen molar-refractivity contribution < 1.29 is 13.9 Å². The molecule has 0 aliphatic carbocycles. The van der Waals surface area contributed by atoms with Crippen molar-refractivity contribution in [2.45, 2.75) is 19.0 Å². The zero-order valence-corrected chi connectivity index (χ0v) is 5.63. The van der Waals surface area contributed by atoms with Gasteiger partial charge in [-0.2, -0.15) is 0 Å². The normalized spacial score (nSPS) is 28.2. The quantitative estimate of drug-likeness (QED) is 0.614. The van der Waals surface area contributed by atoms with Crippen LogP contribution in [0.25, 0.3) is 0 Å². The molecular weight excluding hydrogens is 140 g/mol. The summed E-state index contributed by atoms with van der Waals surface area (Å²) < 4.78 is 23.4. The summed E-state index contributed by atoms with van der Waals surface area (Å²) >= 11 is 0.